The Morgan fingerprint density at radius 3 is 2.50 bits per heavy atom. The number of nitrogens with one attached hydrogen (secondary N) is 2. The van der Waals surface area contributed by atoms with E-state index < -0.39 is 6.03 Å². The largest absolute Gasteiger partial charge is 0.338 e. The molecule has 3 amide bonds. The van der Waals surface area contributed by atoms with Gasteiger partial charge in [-0.3, -0.25) is 10.1 Å². The Labute approximate surface area is 112 Å². The summed E-state index contributed by atoms with van der Waals surface area (Å²) in [4.78, 5) is 23.8. The monoisotopic (exact) mass is 266 g/mol. The van der Waals surface area contributed by atoms with E-state index in [1.165, 1.54) is 11.8 Å². The molecule has 1 rings (SSSR count). The molecule has 0 aliphatic carbocycles. The first-order chi connectivity index (χ1) is 8.58. The summed E-state index contributed by atoms with van der Waals surface area (Å²) in [5, 5.41) is 4.93. The molecular weight excluding hydrogens is 248 g/mol. The van der Waals surface area contributed by atoms with E-state index in [2.05, 4.69) is 10.6 Å². The van der Waals surface area contributed by atoms with Gasteiger partial charge in [0.15, 0.2) is 0 Å². The highest BCUT2D eigenvalue weighted by molar-refractivity contribution is 8.00. The van der Waals surface area contributed by atoms with Crippen LogP contribution in [0.1, 0.15) is 13.8 Å². The quantitative estimate of drug-likeness (QED) is 0.804. The third kappa shape index (κ3) is 6.30. The van der Waals surface area contributed by atoms with Crippen molar-refractivity contribution in [1.82, 2.24) is 10.6 Å². The summed E-state index contributed by atoms with van der Waals surface area (Å²) >= 11 is 1.40. The van der Waals surface area contributed by atoms with Gasteiger partial charge in [0.05, 0.1) is 5.75 Å². The lowest BCUT2D eigenvalue weighted by Crippen LogP contribution is -2.41. The molecule has 0 unspecified atom stereocenters. The topological polar surface area (TPSA) is 58.2 Å². The van der Waals surface area contributed by atoms with Crippen molar-refractivity contribution in [3.8, 4) is 0 Å². The molecule has 0 aromatic heterocycles. The molecule has 2 N–H and O–H groups in total. The normalized spacial score (nSPS) is 10.2. The van der Waals surface area contributed by atoms with Crippen LogP contribution in [-0.4, -0.2) is 24.2 Å². The summed E-state index contributed by atoms with van der Waals surface area (Å²) in [6.45, 7) is 4.55. The van der Waals surface area contributed by atoms with Crippen LogP contribution in [-0.2, 0) is 4.79 Å². The summed E-state index contributed by atoms with van der Waals surface area (Å²) in [7, 11) is 0. The summed E-state index contributed by atoms with van der Waals surface area (Å²) in [6, 6.07) is 9.17. The van der Waals surface area contributed by atoms with E-state index in [9.17, 15) is 9.59 Å². The summed E-state index contributed by atoms with van der Waals surface area (Å²) in [5.74, 6) is 0.314. The van der Waals surface area contributed by atoms with Gasteiger partial charge in [0.1, 0.15) is 0 Å². The third-order valence-corrected chi connectivity index (χ3v) is 3.05. The lowest BCUT2D eigenvalue weighted by Gasteiger charge is -2.08. The Balaban J connectivity index is 2.23. The maximum atomic E-state index is 11.5. The van der Waals surface area contributed by atoms with Gasteiger partial charge in [-0.2, -0.15) is 0 Å². The number of benzene rings is 1. The highest BCUT2D eigenvalue weighted by Gasteiger charge is 2.08. The number of urea groups is 1. The Morgan fingerprint density at radius 2 is 1.89 bits per heavy atom. The van der Waals surface area contributed by atoms with Gasteiger partial charge in [0.25, 0.3) is 0 Å². The fourth-order valence-electron chi connectivity index (χ4n) is 1.17. The van der Waals surface area contributed by atoms with Crippen LogP contribution < -0.4 is 10.6 Å². The predicted molar refractivity (Wildman–Crippen MR) is 73.5 cm³/mol. The lowest BCUT2D eigenvalue weighted by atomic mass is 10.2. The van der Waals surface area contributed by atoms with Crippen LogP contribution in [0.15, 0.2) is 35.2 Å². The molecule has 4 nitrogen and oxygen atoms in total. The molecule has 0 saturated carbocycles. The van der Waals surface area contributed by atoms with Crippen LogP contribution >= 0.6 is 11.8 Å². The minimum Gasteiger partial charge on any atom is -0.338 e. The molecule has 0 aliphatic rings. The van der Waals surface area contributed by atoms with Crippen molar-refractivity contribution in [1.29, 1.82) is 0 Å². The summed E-state index contributed by atoms with van der Waals surface area (Å²) < 4.78 is 0. The Hall–Kier alpha value is -1.49. The van der Waals surface area contributed by atoms with Crippen LogP contribution in [0.2, 0.25) is 0 Å². The van der Waals surface area contributed by atoms with Crippen molar-refractivity contribution in [2.75, 3.05) is 12.3 Å². The fraction of sp³-hybridized carbons (Fsp3) is 0.385. The number of carbonyl (C=O) groups excluding carboxylic acids is 2. The predicted octanol–water partition coefficient (Wildman–Crippen LogP) is 2.26. The molecule has 1 aromatic rings. The van der Waals surface area contributed by atoms with Crippen LogP contribution in [0.25, 0.3) is 0 Å². The minimum atomic E-state index is -0.428. The van der Waals surface area contributed by atoms with Crippen LogP contribution in [0.3, 0.4) is 0 Å². The van der Waals surface area contributed by atoms with Gasteiger partial charge in [-0.1, -0.05) is 32.0 Å². The van der Waals surface area contributed by atoms with Gasteiger partial charge < -0.3 is 5.32 Å². The van der Waals surface area contributed by atoms with Crippen LogP contribution in [0.5, 0.6) is 0 Å². The van der Waals surface area contributed by atoms with Crippen molar-refractivity contribution in [2.45, 2.75) is 18.7 Å². The maximum absolute atomic E-state index is 11.5. The molecule has 0 radical (unpaired) electrons. The number of amides is 3. The van der Waals surface area contributed by atoms with Crippen molar-refractivity contribution >= 4 is 23.7 Å². The van der Waals surface area contributed by atoms with Crippen LogP contribution in [0.4, 0.5) is 4.79 Å². The SMILES string of the molecule is CC(C)CNC(=O)NC(=O)CSc1ccccc1. The van der Waals surface area contributed by atoms with E-state index in [4.69, 9.17) is 0 Å². The highest BCUT2D eigenvalue weighted by Crippen LogP contribution is 2.15. The number of rotatable bonds is 5. The second-order valence-corrected chi connectivity index (χ2v) is 5.30. The number of imide groups is 1. The number of carbonyl (C=O) groups is 2. The van der Waals surface area contributed by atoms with Gasteiger partial charge in [-0.15, -0.1) is 11.8 Å². The van der Waals surface area contributed by atoms with Gasteiger partial charge in [0, 0.05) is 11.4 Å². The Kier molecular flexibility index (Phi) is 6.28. The van der Waals surface area contributed by atoms with E-state index in [-0.39, 0.29) is 11.7 Å². The third-order valence-electron chi connectivity index (χ3n) is 2.04. The number of hydrogen-bond acceptors (Lipinski definition) is 3. The molecule has 98 valence electrons. The van der Waals surface area contributed by atoms with E-state index in [0.29, 0.717) is 12.5 Å². The zero-order chi connectivity index (χ0) is 13.4. The van der Waals surface area contributed by atoms with E-state index in [0.717, 1.165) is 4.90 Å². The second-order valence-electron chi connectivity index (χ2n) is 4.25. The molecule has 1 aromatic carbocycles. The van der Waals surface area contributed by atoms with Crippen molar-refractivity contribution in [3.63, 3.8) is 0 Å². The lowest BCUT2D eigenvalue weighted by molar-refractivity contribution is -0.117. The molecular formula is C13H18N2O2S. The fourth-order valence-corrected chi connectivity index (χ4v) is 1.89. The molecule has 0 atom stereocenters. The van der Waals surface area contributed by atoms with Crippen LogP contribution in [0, 0.1) is 5.92 Å². The Bertz CT molecular complexity index is 393. The first-order valence-corrected chi connectivity index (χ1v) is 6.82. The zero-order valence-electron chi connectivity index (χ0n) is 10.6. The van der Waals surface area contributed by atoms with Gasteiger partial charge >= 0.3 is 6.03 Å². The average molecular weight is 266 g/mol. The summed E-state index contributed by atoms with van der Waals surface area (Å²) in [5.41, 5.74) is 0. The maximum Gasteiger partial charge on any atom is 0.321 e. The number of hydrogen-bond donors (Lipinski definition) is 2. The minimum absolute atomic E-state index is 0.235. The van der Waals surface area contributed by atoms with E-state index >= 15 is 0 Å². The molecule has 0 aliphatic heterocycles. The number of thioether (sulfide) groups is 1. The standard InChI is InChI=1S/C13H18N2O2S/c1-10(2)8-14-13(17)15-12(16)9-18-11-6-4-3-5-7-11/h3-7,10H,8-9H2,1-2H3,(H2,14,15,16,17). The van der Waals surface area contributed by atoms with Crippen molar-refractivity contribution in [3.05, 3.63) is 30.3 Å². The second kappa shape index (κ2) is 7.76. The smallest absolute Gasteiger partial charge is 0.321 e. The highest BCUT2D eigenvalue weighted by atomic mass is 32.2. The average Bonchev–Trinajstić information content (AvgIpc) is 2.35. The van der Waals surface area contributed by atoms with Gasteiger partial charge in [0.2, 0.25) is 5.91 Å². The van der Waals surface area contributed by atoms with E-state index in [1.807, 2.05) is 44.2 Å². The van der Waals surface area contributed by atoms with Crippen molar-refractivity contribution < 1.29 is 9.59 Å². The first-order valence-electron chi connectivity index (χ1n) is 5.83. The molecule has 0 bridgehead atoms. The zero-order valence-corrected chi connectivity index (χ0v) is 11.4. The molecule has 0 saturated heterocycles. The van der Waals surface area contributed by atoms with Crippen molar-refractivity contribution in [2.24, 2.45) is 5.92 Å². The van der Waals surface area contributed by atoms with Gasteiger partial charge in [-0.05, 0) is 18.1 Å². The molecule has 0 fully saturated rings. The molecule has 5 heteroatoms. The molecule has 18 heavy (non-hydrogen) atoms. The van der Waals surface area contributed by atoms with Gasteiger partial charge in [-0.25, -0.2) is 4.79 Å². The first kappa shape index (κ1) is 14.6. The van der Waals surface area contributed by atoms with E-state index in [1.54, 1.807) is 0 Å². The Morgan fingerprint density at radius 1 is 1.22 bits per heavy atom. The molecule has 0 spiro atoms. The summed E-state index contributed by atoms with van der Waals surface area (Å²) in [6.07, 6.45) is 0. The molecule has 0 heterocycles.